The molecule has 4 heteroatoms. The average molecular weight is 368 g/mol. The van der Waals surface area contributed by atoms with E-state index in [4.69, 9.17) is 0 Å². The van der Waals surface area contributed by atoms with Crippen molar-refractivity contribution in [1.82, 2.24) is 0 Å². The normalized spacial score (nSPS) is 9.88. The zero-order chi connectivity index (χ0) is 6.15. The third-order valence-electron chi connectivity index (χ3n) is 0.615. The Morgan fingerprint density at radius 2 is 1.88 bits per heavy atom. The quantitative estimate of drug-likeness (QED) is 0.618. The summed E-state index contributed by atoms with van der Waals surface area (Å²) in [5, 5.41) is 0. The van der Waals surface area contributed by atoms with E-state index in [2.05, 4.69) is 53.9 Å². The van der Waals surface area contributed by atoms with Crippen molar-refractivity contribution in [3.63, 3.8) is 0 Å². The summed E-state index contributed by atoms with van der Waals surface area (Å²) in [5.74, 6) is 0. The summed E-state index contributed by atoms with van der Waals surface area (Å²) in [6, 6.07) is 2.07. The van der Waals surface area contributed by atoms with Crippen LogP contribution in [0.25, 0.3) is 0 Å². The molecule has 0 unspecified atom stereocenters. The van der Waals surface area contributed by atoms with Gasteiger partial charge in [0.2, 0.25) is 0 Å². The van der Waals surface area contributed by atoms with Crippen molar-refractivity contribution < 1.29 is 0 Å². The first-order chi connectivity index (χ1) is 3.70. The third kappa shape index (κ3) is 1.71. The molecule has 0 fully saturated rings. The molecule has 0 atom stereocenters. The molecule has 0 radical (unpaired) electrons. The van der Waals surface area contributed by atoms with Gasteiger partial charge in [-0.05, 0) is 0 Å². The van der Waals surface area contributed by atoms with Gasteiger partial charge in [0.15, 0.2) is 0 Å². The van der Waals surface area contributed by atoms with E-state index in [0.29, 0.717) is 14.5 Å². The Hall–Kier alpha value is 1.44. The van der Waals surface area contributed by atoms with Crippen LogP contribution < -0.4 is 0 Å². The molecule has 0 aliphatic carbocycles. The Balaban J connectivity index is 3.14. The van der Waals surface area contributed by atoms with Gasteiger partial charge in [-0.25, -0.2) is 0 Å². The molecular weight excluding hydrogens is 367 g/mol. The Morgan fingerprint density at radius 3 is 2.00 bits per heavy atom. The van der Waals surface area contributed by atoms with Crippen molar-refractivity contribution in [2.24, 2.45) is 0 Å². The minimum atomic E-state index is 0.485. The van der Waals surface area contributed by atoms with Crippen LogP contribution in [0.2, 0.25) is 0 Å². The zero-order valence-electron chi connectivity index (χ0n) is 3.62. The first-order valence-corrected chi connectivity index (χ1v) is 5.89. The van der Waals surface area contributed by atoms with Crippen LogP contribution in [-0.2, 0) is 0 Å². The maximum absolute atomic E-state index is 3.42. The monoisotopic (exact) mass is 366 g/mol. The molecule has 0 N–H and O–H groups in total. The summed E-state index contributed by atoms with van der Waals surface area (Å²) in [4.78, 5) is 0. The second-order valence-electron chi connectivity index (χ2n) is 1.17. The molecule has 0 aliphatic rings. The SMILES string of the molecule is Brc1cc(Br)c(Br)[se]1. The third-order valence-corrected chi connectivity index (χ3v) is 6.20. The Kier molecular flexibility index (Phi) is 2.85. The van der Waals surface area contributed by atoms with E-state index in [1.54, 1.807) is 0 Å². The average Bonchev–Trinajstić information content (AvgIpc) is 1.85. The van der Waals surface area contributed by atoms with Crippen molar-refractivity contribution in [2.45, 2.75) is 0 Å². The summed E-state index contributed by atoms with van der Waals surface area (Å²) in [6.45, 7) is 0. The molecule has 44 valence electrons. The molecule has 1 aromatic heterocycles. The maximum atomic E-state index is 3.42. The minimum absolute atomic E-state index is 0.485. The molecule has 0 spiro atoms. The van der Waals surface area contributed by atoms with Crippen LogP contribution in [-0.4, -0.2) is 14.5 Å². The number of halogens is 3. The first-order valence-electron chi connectivity index (χ1n) is 1.80. The van der Waals surface area contributed by atoms with Crippen LogP contribution in [0.3, 0.4) is 0 Å². The van der Waals surface area contributed by atoms with Crippen LogP contribution in [0.1, 0.15) is 0 Å². The Labute approximate surface area is 78.8 Å². The predicted octanol–water partition coefficient (Wildman–Crippen LogP) is 3.03. The topological polar surface area (TPSA) is 0 Å². The molecule has 0 nitrogen and oxygen atoms in total. The summed E-state index contributed by atoms with van der Waals surface area (Å²) in [5.41, 5.74) is 0. The molecule has 8 heavy (non-hydrogen) atoms. The fourth-order valence-electron chi connectivity index (χ4n) is 0.320. The Morgan fingerprint density at radius 1 is 1.25 bits per heavy atom. The van der Waals surface area contributed by atoms with Gasteiger partial charge in [-0.15, -0.1) is 0 Å². The van der Waals surface area contributed by atoms with E-state index >= 15 is 0 Å². The molecule has 0 amide bonds. The van der Waals surface area contributed by atoms with Crippen LogP contribution >= 0.6 is 47.8 Å². The van der Waals surface area contributed by atoms with E-state index < -0.39 is 0 Å². The van der Waals surface area contributed by atoms with Gasteiger partial charge in [0.1, 0.15) is 0 Å². The molecule has 0 saturated heterocycles. The van der Waals surface area contributed by atoms with E-state index in [1.807, 2.05) is 0 Å². The summed E-state index contributed by atoms with van der Waals surface area (Å²) >= 11 is 10.7. The standard InChI is InChI=1S/C4HBr3Se/c5-2-1-3(6)8-4(2)7/h1H. The van der Waals surface area contributed by atoms with Crippen molar-refractivity contribution in [3.05, 3.63) is 17.2 Å². The Bertz CT molecular complexity index is 174. The summed E-state index contributed by atoms with van der Waals surface area (Å²) < 4.78 is 3.73. The van der Waals surface area contributed by atoms with Gasteiger partial charge in [-0.3, -0.25) is 0 Å². The molecule has 0 aromatic carbocycles. The van der Waals surface area contributed by atoms with Crippen LogP contribution in [0.5, 0.6) is 0 Å². The van der Waals surface area contributed by atoms with Crippen LogP contribution in [0.15, 0.2) is 17.2 Å². The first kappa shape index (κ1) is 7.55. The van der Waals surface area contributed by atoms with E-state index in [0.717, 1.165) is 0 Å². The van der Waals surface area contributed by atoms with Crippen molar-refractivity contribution >= 4 is 62.3 Å². The van der Waals surface area contributed by atoms with Crippen molar-refractivity contribution in [2.75, 3.05) is 0 Å². The fourth-order valence-corrected chi connectivity index (χ4v) is 5.90. The summed E-state index contributed by atoms with van der Waals surface area (Å²) in [6.07, 6.45) is 0. The van der Waals surface area contributed by atoms with Gasteiger partial charge < -0.3 is 0 Å². The predicted molar refractivity (Wildman–Crippen MR) is 46.5 cm³/mol. The molecule has 1 rings (SSSR count). The van der Waals surface area contributed by atoms with Crippen LogP contribution in [0, 0.1) is 0 Å². The molecular formula is C4HBr3Se. The second kappa shape index (κ2) is 3.02. The molecule has 0 saturated carbocycles. The van der Waals surface area contributed by atoms with Gasteiger partial charge in [0.25, 0.3) is 0 Å². The van der Waals surface area contributed by atoms with Gasteiger partial charge >= 0.3 is 79.5 Å². The number of hydrogen-bond donors (Lipinski definition) is 0. The zero-order valence-corrected chi connectivity index (χ0v) is 10.1. The van der Waals surface area contributed by atoms with E-state index in [9.17, 15) is 0 Å². The van der Waals surface area contributed by atoms with Crippen LogP contribution in [0.4, 0.5) is 0 Å². The van der Waals surface area contributed by atoms with Gasteiger partial charge in [0, 0.05) is 0 Å². The number of hydrogen-bond acceptors (Lipinski definition) is 0. The summed E-state index contributed by atoms with van der Waals surface area (Å²) in [7, 11) is 0. The molecule has 0 aliphatic heterocycles. The fraction of sp³-hybridized carbons (Fsp3) is 0. The van der Waals surface area contributed by atoms with Crippen molar-refractivity contribution in [1.29, 1.82) is 0 Å². The second-order valence-corrected chi connectivity index (χ2v) is 8.24. The van der Waals surface area contributed by atoms with E-state index in [-0.39, 0.29) is 0 Å². The van der Waals surface area contributed by atoms with Gasteiger partial charge in [0.05, 0.1) is 0 Å². The van der Waals surface area contributed by atoms with Gasteiger partial charge in [-0.2, -0.15) is 0 Å². The molecule has 0 bridgehead atoms. The number of rotatable bonds is 0. The molecule has 1 heterocycles. The van der Waals surface area contributed by atoms with Crippen molar-refractivity contribution in [3.8, 4) is 0 Å². The molecule has 1 aromatic rings. The van der Waals surface area contributed by atoms with Gasteiger partial charge in [-0.1, -0.05) is 0 Å². The van der Waals surface area contributed by atoms with E-state index in [1.165, 1.54) is 11.2 Å².